The number of rotatable bonds is 1. The Morgan fingerprint density at radius 1 is 0.485 bits per heavy atom. The van der Waals surface area contributed by atoms with E-state index in [0.29, 0.717) is 0 Å². The average Bonchev–Trinajstić information content (AvgIpc) is 3.27. The Morgan fingerprint density at radius 2 is 1.03 bits per heavy atom. The van der Waals surface area contributed by atoms with E-state index in [9.17, 15) is 0 Å². The molecule has 33 heavy (non-hydrogen) atoms. The summed E-state index contributed by atoms with van der Waals surface area (Å²) in [4.78, 5) is 0. The third kappa shape index (κ3) is 3.95. The van der Waals surface area contributed by atoms with E-state index in [0.717, 1.165) is 12.3 Å². The second-order valence-corrected chi connectivity index (χ2v) is 9.59. The summed E-state index contributed by atoms with van der Waals surface area (Å²) in [5, 5.41) is 5.25. The van der Waals surface area contributed by atoms with Crippen molar-refractivity contribution in [2.75, 3.05) is 0 Å². The topological polar surface area (TPSA) is 0 Å². The lowest BCUT2D eigenvalue weighted by atomic mass is 9.81. The molecule has 0 nitrogen and oxygen atoms in total. The molecule has 5 aromatic carbocycles. The van der Waals surface area contributed by atoms with Gasteiger partial charge in [-0.1, -0.05) is 110 Å². The summed E-state index contributed by atoms with van der Waals surface area (Å²) in [6.07, 6.45) is 8.21. The van der Waals surface area contributed by atoms with Crippen LogP contribution in [0.1, 0.15) is 54.7 Å². The molecule has 0 aliphatic heterocycles. The van der Waals surface area contributed by atoms with Gasteiger partial charge in [-0.3, -0.25) is 0 Å². The predicted molar refractivity (Wildman–Crippen MR) is 142 cm³/mol. The summed E-state index contributed by atoms with van der Waals surface area (Å²) in [7, 11) is 0. The van der Waals surface area contributed by atoms with Crippen LogP contribution in [0.3, 0.4) is 0 Å². The molecular weight excluding hydrogens is 396 g/mol. The molecule has 0 atom stereocenters. The minimum Gasteiger partial charge on any atom is -0.0619 e. The highest BCUT2D eigenvalue weighted by atomic mass is 14.3. The van der Waals surface area contributed by atoms with Gasteiger partial charge < -0.3 is 0 Å². The second kappa shape index (κ2) is 8.87. The Kier molecular flexibility index (Phi) is 5.44. The van der Waals surface area contributed by atoms with E-state index >= 15 is 0 Å². The summed E-state index contributed by atoms with van der Waals surface area (Å²) in [6.45, 7) is 0. The molecule has 2 aliphatic carbocycles. The Balaban J connectivity index is 0.000000131. The molecule has 0 amide bonds. The van der Waals surface area contributed by atoms with Crippen LogP contribution < -0.4 is 0 Å². The lowest BCUT2D eigenvalue weighted by Crippen LogP contribution is -2.07. The number of hydrogen-bond acceptors (Lipinski definition) is 0. The Labute approximate surface area is 196 Å². The minimum absolute atomic E-state index is 0.818. The fourth-order valence-electron chi connectivity index (χ4n) is 5.86. The minimum atomic E-state index is 0.818. The van der Waals surface area contributed by atoms with E-state index in [1.807, 2.05) is 0 Å². The molecule has 0 heterocycles. The van der Waals surface area contributed by atoms with Gasteiger partial charge in [0, 0.05) is 0 Å². The molecule has 0 saturated heterocycles. The van der Waals surface area contributed by atoms with Crippen LogP contribution in [-0.2, 0) is 6.42 Å². The van der Waals surface area contributed by atoms with Crippen molar-refractivity contribution in [1.29, 1.82) is 0 Å². The first-order valence-electron chi connectivity index (χ1n) is 12.4. The van der Waals surface area contributed by atoms with Gasteiger partial charge in [-0.25, -0.2) is 0 Å². The summed E-state index contributed by atoms with van der Waals surface area (Å²) in [5.41, 5.74) is 7.75. The maximum atomic E-state index is 2.39. The van der Waals surface area contributed by atoms with Crippen LogP contribution in [0.4, 0.5) is 0 Å². The molecule has 0 spiro atoms. The SMILES string of the molecule is c1ccc2c(c1)Cc1c-2cccc1C1CCCCC1.c1ccc2cc3ccccc3cc2c1. The highest BCUT2D eigenvalue weighted by molar-refractivity contribution is 5.98. The molecule has 0 bridgehead atoms. The Bertz CT molecular complexity index is 1310. The predicted octanol–water partition coefficient (Wildman–Crippen LogP) is 9.30. The molecule has 0 radical (unpaired) electrons. The zero-order valence-corrected chi connectivity index (χ0v) is 19.1. The van der Waals surface area contributed by atoms with Crippen LogP contribution in [-0.4, -0.2) is 0 Å². The lowest BCUT2D eigenvalue weighted by Gasteiger charge is -2.24. The van der Waals surface area contributed by atoms with Crippen molar-refractivity contribution in [1.82, 2.24) is 0 Å². The van der Waals surface area contributed by atoms with Gasteiger partial charge >= 0.3 is 0 Å². The Hall–Kier alpha value is -3.38. The van der Waals surface area contributed by atoms with Crippen LogP contribution in [0.5, 0.6) is 0 Å². The van der Waals surface area contributed by atoms with Gasteiger partial charge in [0.05, 0.1) is 0 Å². The molecule has 7 rings (SSSR count). The van der Waals surface area contributed by atoms with Gasteiger partial charge in [0.2, 0.25) is 0 Å². The van der Waals surface area contributed by atoms with E-state index in [1.165, 1.54) is 70.3 Å². The van der Waals surface area contributed by atoms with Crippen molar-refractivity contribution < 1.29 is 0 Å². The van der Waals surface area contributed by atoms with E-state index in [4.69, 9.17) is 0 Å². The fourth-order valence-corrected chi connectivity index (χ4v) is 5.86. The quantitative estimate of drug-likeness (QED) is 0.230. The third-order valence-electron chi connectivity index (χ3n) is 7.55. The molecule has 0 aromatic heterocycles. The standard InChI is InChI=1S/C19H20.C14H10/c1-2-7-14(8-3-1)16-11-6-12-18-17-10-5-4-9-15(17)13-19(16)18;1-2-6-12-10-14-8-4-3-7-13(14)9-11(12)5-1/h4-6,9-12,14H,1-3,7-8,13H2;1-10H. The highest BCUT2D eigenvalue weighted by Gasteiger charge is 2.24. The number of hydrogen-bond donors (Lipinski definition) is 0. The highest BCUT2D eigenvalue weighted by Crippen LogP contribution is 2.43. The van der Waals surface area contributed by atoms with Crippen molar-refractivity contribution in [3.63, 3.8) is 0 Å². The first kappa shape index (κ1) is 20.2. The van der Waals surface area contributed by atoms with Crippen LogP contribution in [0, 0.1) is 0 Å². The summed E-state index contributed by atoms with van der Waals surface area (Å²) in [6, 6.07) is 37.3. The van der Waals surface area contributed by atoms with Crippen LogP contribution in [0.2, 0.25) is 0 Å². The molecular formula is C33H30. The molecule has 0 unspecified atom stereocenters. The molecule has 2 aliphatic rings. The van der Waals surface area contributed by atoms with Gasteiger partial charge in [-0.05, 0) is 86.7 Å². The maximum absolute atomic E-state index is 2.39. The smallest absolute Gasteiger partial charge is 0.00106 e. The Morgan fingerprint density at radius 3 is 1.67 bits per heavy atom. The maximum Gasteiger partial charge on any atom is -0.00106 e. The molecule has 1 saturated carbocycles. The monoisotopic (exact) mass is 426 g/mol. The zero-order valence-electron chi connectivity index (χ0n) is 19.1. The lowest BCUT2D eigenvalue weighted by molar-refractivity contribution is 0.442. The second-order valence-electron chi connectivity index (χ2n) is 9.59. The van der Waals surface area contributed by atoms with Gasteiger partial charge in [0.25, 0.3) is 0 Å². The number of fused-ring (bicyclic) bond motifs is 5. The summed E-state index contributed by atoms with van der Waals surface area (Å²) >= 11 is 0. The van der Waals surface area contributed by atoms with Crippen molar-refractivity contribution in [3.8, 4) is 11.1 Å². The van der Waals surface area contributed by atoms with Gasteiger partial charge in [0.15, 0.2) is 0 Å². The molecule has 162 valence electrons. The third-order valence-corrected chi connectivity index (χ3v) is 7.55. The largest absolute Gasteiger partial charge is 0.0619 e. The normalized spacial score (nSPS) is 15.0. The molecule has 1 fully saturated rings. The molecule has 0 N–H and O–H groups in total. The number of benzene rings is 5. The van der Waals surface area contributed by atoms with Crippen molar-refractivity contribution in [3.05, 3.63) is 120 Å². The van der Waals surface area contributed by atoms with Gasteiger partial charge in [0.1, 0.15) is 0 Å². The van der Waals surface area contributed by atoms with Gasteiger partial charge in [-0.15, -0.1) is 0 Å². The van der Waals surface area contributed by atoms with Crippen molar-refractivity contribution >= 4 is 21.5 Å². The van der Waals surface area contributed by atoms with E-state index < -0.39 is 0 Å². The van der Waals surface area contributed by atoms with E-state index in [-0.39, 0.29) is 0 Å². The fraction of sp³-hybridized carbons (Fsp3) is 0.212. The average molecular weight is 427 g/mol. The molecule has 5 aromatic rings. The molecule has 0 heteroatoms. The summed E-state index contributed by atoms with van der Waals surface area (Å²) in [5.74, 6) is 0.818. The van der Waals surface area contributed by atoms with Crippen molar-refractivity contribution in [2.24, 2.45) is 0 Å². The first-order valence-corrected chi connectivity index (χ1v) is 12.4. The van der Waals surface area contributed by atoms with Crippen LogP contribution in [0.15, 0.2) is 103 Å². The van der Waals surface area contributed by atoms with Crippen molar-refractivity contribution in [2.45, 2.75) is 44.4 Å². The van der Waals surface area contributed by atoms with Crippen LogP contribution in [0.25, 0.3) is 32.7 Å². The first-order chi connectivity index (χ1) is 16.4. The van der Waals surface area contributed by atoms with E-state index in [1.54, 1.807) is 11.1 Å². The van der Waals surface area contributed by atoms with Gasteiger partial charge in [-0.2, -0.15) is 0 Å². The zero-order chi connectivity index (χ0) is 22.0. The van der Waals surface area contributed by atoms with E-state index in [2.05, 4.69) is 103 Å². The summed E-state index contributed by atoms with van der Waals surface area (Å²) < 4.78 is 0. The van der Waals surface area contributed by atoms with Crippen LogP contribution >= 0.6 is 0 Å².